The van der Waals surface area contributed by atoms with Gasteiger partial charge in [0.1, 0.15) is 12.2 Å². The summed E-state index contributed by atoms with van der Waals surface area (Å²) in [5.41, 5.74) is 2.56. The molecule has 0 saturated carbocycles. The molecule has 1 heterocycles. The molecule has 0 amide bonds. The van der Waals surface area contributed by atoms with E-state index in [9.17, 15) is 0 Å². The minimum absolute atomic E-state index is 0.0154. The first-order valence-electron chi connectivity index (χ1n) is 9.87. The highest BCUT2D eigenvalue weighted by Gasteiger charge is 2.41. The van der Waals surface area contributed by atoms with Crippen LogP contribution in [0.25, 0.3) is 0 Å². The molecule has 0 bridgehead atoms. The Morgan fingerprint density at radius 2 is 1.11 bits per heavy atom. The van der Waals surface area contributed by atoms with Gasteiger partial charge in [0.05, 0.1) is 0 Å². The van der Waals surface area contributed by atoms with Crippen LogP contribution in [0.1, 0.15) is 50.9 Å². The maximum atomic E-state index is 6.16. The number of ether oxygens (including phenoxy) is 2. The van der Waals surface area contributed by atoms with E-state index in [1.165, 1.54) is 11.1 Å². The molecule has 4 heteroatoms. The van der Waals surface area contributed by atoms with Crippen LogP contribution in [0, 0.1) is 0 Å². The molecule has 0 radical (unpaired) electrons. The van der Waals surface area contributed by atoms with Crippen LogP contribution in [0.2, 0.25) is 0 Å². The molecule has 0 spiro atoms. The number of rotatable bonds is 8. The van der Waals surface area contributed by atoms with Crippen molar-refractivity contribution in [1.29, 1.82) is 0 Å². The number of benzene rings is 2. The third-order valence-corrected chi connectivity index (χ3v) is 5.13. The Labute approximate surface area is 163 Å². The molecule has 4 nitrogen and oxygen atoms in total. The van der Waals surface area contributed by atoms with Gasteiger partial charge < -0.3 is 20.1 Å². The van der Waals surface area contributed by atoms with E-state index in [1.54, 1.807) is 0 Å². The zero-order valence-corrected chi connectivity index (χ0v) is 16.8. The van der Waals surface area contributed by atoms with E-state index in [2.05, 4.69) is 73.0 Å². The molecule has 4 atom stereocenters. The van der Waals surface area contributed by atoms with Crippen molar-refractivity contribution in [2.75, 3.05) is 13.1 Å². The molecule has 1 aliphatic heterocycles. The molecular weight excluding hydrogens is 336 g/mol. The molecule has 2 aromatic carbocycles. The molecule has 1 aliphatic rings. The summed E-state index contributed by atoms with van der Waals surface area (Å²) < 4.78 is 12.3. The fraction of sp³-hybridized carbons (Fsp3) is 0.478. The van der Waals surface area contributed by atoms with E-state index in [-0.39, 0.29) is 24.3 Å². The minimum Gasteiger partial charge on any atom is -0.343 e. The van der Waals surface area contributed by atoms with Crippen LogP contribution in [0.3, 0.4) is 0 Å². The number of hydrogen-bond acceptors (Lipinski definition) is 4. The van der Waals surface area contributed by atoms with Crippen molar-refractivity contribution < 1.29 is 9.47 Å². The maximum Gasteiger partial charge on any atom is 0.163 e. The lowest BCUT2D eigenvalue weighted by atomic mass is 10.1. The van der Waals surface area contributed by atoms with Gasteiger partial charge in [0.25, 0.3) is 0 Å². The molecule has 2 aromatic rings. The first-order valence-corrected chi connectivity index (χ1v) is 9.87. The fourth-order valence-corrected chi connectivity index (χ4v) is 3.56. The summed E-state index contributed by atoms with van der Waals surface area (Å²) in [6.07, 6.45) is 0.0308. The quantitative estimate of drug-likeness (QED) is 0.732. The van der Waals surface area contributed by atoms with Crippen LogP contribution in [-0.4, -0.2) is 31.1 Å². The Balaban J connectivity index is 1.55. The van der Waals surface area contributed by atoms with Gasteiger partial charge in [-0.25, -0.2) is 0 Å². The van der Waals surface area contributed by atoms with E-state index >= 15 is 0 Å². The van der Waals surface area contributed by atoms with Gasteiger partial charge in [-0.2, -0.15) is 0 Å². The Morgan fingerprint density at radius 3 is 1.48 bits per heavy atom. The topological polar surface area (TPSA) is 42.5 Å². The monoisotopic (exact) mass is 368 g/mol. The lowest BCUT2D eigenvalue weighted by molar-refractivity contribution is -0.145. The Kier molecular flexibility index (Phi) is 6.66. The molecule has 0 unspecified atom stereocenters. The van der Waals surface area contributed by atoms with Gasteiger partial charge in [0, 0.05) is 25.2 Å². The van der Waals surface area contributed by atoms with E-state index in [0.717, 1.165) is 13.1 Å². The number of nitrogens with one attached hydrogen (secondary N) is 2. The molecule has 27 heavy (non-hydrogen) atoms. The highest BCUT2D eigenvalue weighted by molar-refractivity contribution is 5.19. The van der Waals surface area contributed by atoms with Crippen molar-refractivity contribution in [3.8, 4) is 0 Å². The largest absolute Gasteiger partial charge is 0.343 e. The Hall–Kier alpha value is -1.72. The van der Waals surface area contributed by atoms with Crippen molar-refractivity contribution in [1.82, 2.24) is 10.6 Å². The second-order valence-electron chi connectivity index (χ2n) is 7.79. The number of hydrogen-bond donors (Lipinski definition) is 2. The van der Waals surface area contributed by atoms with Crippen molar-refractivity contribution in [2.24, 2.45) is 0 Å². The summed E-state index contributed by atoms with van der Waals surface area (Å²) in [4.78, 5) is 0. The molecular formula is C23H32N2O2. The standard InChI is InChI=1S/C23H32N2O2/c1-17(19-11-7-5-8-12-19)24-15-21-22(27-23(3,4)26-21)16-25-18(2)20-13-9-6-10-14-20/h5-14,17-18,21-22,24-25H,15-16H2,1-4H3/t17-,18-,21-,22-/m0/s1. The normalized spacial score (nSPS) is 23.9. The zero-order chi connectivity index (χ0) is 19.3. The van der Waals surface area contributed by atoms with Crippen molar-refractivity contribution in [2.45, 2.75) is 57.8 Å². The molecule has 146 valence electrons. The van der Waals surface area contributed by atoms with Gasteiger partial charge in [0.2, 0.25) is 0 Å². The summed E-state index contributed by atoms with van der Waals surface area (Å²) in [5.74, 6) is -0.551. The van der Waals surface area contributed by atoms with E-state index < -0.39 is 5.79 Å². The predicted molar refractivity (Wildman–Crippen MR) is 110 cm³/mol. The first kappa shape index (κ1) is 20.0. The van der Waals surface area contributed by atoms with Crippen molar-refractivity contribution in [3.05, 3.63) is 71.8 Å². The molecule has 0 aromatic heterocycles. The first-order chi connectivity index (χ1) is 12.9. The molecule has 1 saturated heterocycles. The second-order valence-corrected chi connectivity index (χ2v) is 7.79. The van der Waals surface area contributed by atoms with Crippen molar-refractivity contribution >= 4 is 0 Å². The lowest BCUT2D eigenvalue weighted by Gasteiger charge is -2.22. The second kappa shape index (κ2) is 8.98. The molecule has 1 fully saturated rings. The van der Waals surface area contributed by atoms with Gasteiger partial charge in [-0.15, -0.1) is 0 Å². The maximum absolute atomic E-state index is 6.16. The third kappa shape index (κ3) is 5.63. The van der Waals surface area contributed by atoms with Gasteiger partial charge in [0.15, 0.2) is 5.79 Å². The highest BCUT2D eigenvalue weighted by atomic mass is 16.8. The fourth-order valence-electron chi connectivity index (χ4n) is 3.56. The average Bonchev–Trinajstić information content (AvgIpc) is 2.99. The van der Waals surface area contributed by atoms with Crippen LogP contribution < -0.4 is 10.6 Å². The van der Waals surface area contributed by atoms with E-state index in [4.69, 9.17) is 9.47 Å². The molecule has 2 N–H and O–H groups in total. The van der Waals surface area contributed by atoms with Gasteiger partial charge in [-0.3, -0.25) is 0 Å². The third-order valence-electron chi connectivity index (χ3n) is 5.13. The smallest absolute Gasteiger partial charge is 0.163 e. The summed E-state index contributed by atoms with van der Waals surface area (Å²) in [7, 11) is 0. The van der Waals surface area contributed by atoms with E-state index in [0.29, 0.717) is 0 Å². The van der Waals surface area contributed by atoms with Gasteiger partial charge >= 0.3 is 0 Å². The highest BCUT2D eigenvalue weighted by Crippen LogP contribution is 2.28. The van der Waals surface area contributed by atoms with Crippen LogP contribution in [0.15, 0.2) is 60.7 Å². The van der Waals surface area contributed by atoms with Crippen LogP contribution in [0.4, 0.5) is 0 Å². The summed E-state index contributed by atoms with van der Waals surface area (Å²) in [6, 6.07) is 21.5. The summed E-state index contributed by atoms with van der Waals surface area (Å²) in [5, 5.41) is 7.19. The average molecular weight is 369 g/mol. The van der Waals surface area contributed by atoms with E-state index in [1.807, 2.05) is 26.0 Å². The van der Waals surface area contributed by atoms with Crippen LogP contribution in [0.5, 0.6) is 0 Å². The Bertz CT molecular complexity index is 631. The van der Waals surface area contributed by atoms with Gasteiger partial charge in [-0.05, 0) is 38.8 Å². The predicted octanol–water partition coefficient (Wildman–Crippen LogP) is 4.21. The lowest BCUT2D eigenvalue weighted by Crippen LogP contribution is -2.41. The minimum atomic E-state index is -0.551. The molecule has 3 rings (SSSR count). The SMILES string of the molecule is C[C@H](NC[C@@H]1OC(C)(C)O[C@H]1CN[C@@H](C)c1ccccc1)c1ccccc1. The summed E-state index contributed by atoms with van der Waals surface area (Å²) >= 11 is 0. The van der Waals surface area contributed by atoms with Crippen molar-refractivity contribution in [3.63, 3.8) is 0 Å². The Morgan fingerprint density at radius 1 is 0.741 bits per heavy atom. The van der Waals surface area contributed by atoms with Gasteiger partial charge in [-0.1, -0.05) is 60.7 Å². The summed E-state index contributed by atoms with van der Waals surface area (Å²) in [6.45, 7) is 9.85. The van der Waals surface area contributed by atoms with Crippen LogP contribution >= 0.6 is 0 Å². The molecule has 0 aliphatic carbocycles. The zero-order valence-electron chi connectivity index (χ0n) is 16.8. The van der Waals surface area contributed by atoms with Crippen LogP contribution in [-0.2, 0) is 9.47 Å².